The van der Waals surface area contributed by atoms with E-state index in [-0.39, 0.29) is 6.04 Å². The van der Waals surface area contributed by atoms with Crippen LogP contribution in [-0.4, -0.2) is 6.61 Å². The molecule has 100 valence electrons. The van der Waals surface area contributed by atoms with E-state index in [1.165, 1.54) is 0 Å². The Balaban J connectivity index is 2.01. The van der Waals surface area contributed by atoms with Crippen LogP contribution in [0.3, 0.4) is 0 Å². The monoisotopic (exact) mass is 295 g/mol. The van der Waals surface area contributed by atoms with E-state index in [4.69, 9.17) is 33.7 Å². The van der Waals surface area contributed by atoms with E-state index >= 15 is 0 Å². The maximum atomic E-state index is 6.08. The van der Waals surface area contributed by atoms with Crippen molar-refractivity contribution in [3.05, 3.63) is 63.6 Å². The second-order valence-electron chi connectivity index (χ2n) is 4.38. The van der Waals surface area contributed by atoms with Crippen molar-refractivity contribution in [1.82, 2.24) is 0 Å². The number of halogens is 2. The minimum absolute atomic E-state index is 0.225. The average molecular weight is 296 g/mol. The number of rotatable bonds is 4. The molecule has 2 N–H and O–H groups in total. The van der Waals surface area contributed by atoms with Gasteiger partial charge in [0.25, 0.3) is 0 Å². The molecule has 0 heterocycles. The Hall–Kier alpha value is -1.22. The van der Waals surface area contributed by atoms with Gasteiger partial charge in [-0.2, -0.15) is 0 Å². The van der Waals surface area contributed by atoms with Gasteiger partial charge in [0.2, 0.25) is 0 Å². The molecule has 0 amide bonds. The lowest BCUT2D eigenvalue weighted by atomic mass is 10.1. The number of nitrogens with two attached hydrogens (primary N) is 1. The number of aryl methyl sites for hydroxylation is 1. The van der Waals surface area contributed by atoms with Crippen molar-refractivity contribution >= 4 is 23.2 Å². The summed E-state index contributed by atoms with van der Waals surface area (Å²) in [5.41, 5.74) is 8.07. The molecule has 2 rings (SSSR count). The third kappa shape index (κ3) is 3.87. The van der Waals surface area contributed by atoms with E-state index in [1.807, 2.05) is 37.3 Å². The summed E-state index contributed by atoms with van der Waals surface area (Å²) in [5.74, 6) is 0.709. The fraction of sp³-hybridized carbons (Fsp3) is 0.200. The summed E-state index contributed by atoms with van der Waals surface area (Å²) in [5, 5.41) is 1.36. The predicted molar refractivity (Wildman–Crippen MR) is 80.1 cm³/mol. The average Bonchev–Trinajstić information content (AvgIpc) is 2.39. The van der Waals surface area contributed by atoms with Crippen LogP contribution < -0.4 is 10.5 Å². The van der Waals surface area contributed by atoms with E-state index < -0.39 is 0 Å². The Morgan fingerprint density at radius 3 is 2.63 bits per heavy atom. The van der Waals surface area contributed by atoms with Crippen LogP contribution in [0.5, 0.6) is 5.75 Å². The molecular formula is C15H15Cl2NO. The van der Waals surface area contributed by atoms with E-state index in [1.54, 1.807) is 12.1 Å². The zero-order valence-corrected chi connectivity index (χ0v) is 12.1. The molecule has 4 heteroatoms. The van der Waals surface area contributed by atoms with Gasteiger partial charge in [0.1, 0.15) is 12.4 Å². The molecule has 2 aromatic rings. The Morgan fingerprint density at radius 2 is 1.95 bits per heavy atom. The third-order valence-corrected chi connectivity index (χ3v) is 3.49. The van der Waals surface area contributed by atoms with Gasteiger partial charge in [-0.05, 0) is 42.3 Å². The molecule has 0 fully saturated rings. The fourth-order valence-electron chi connectivity index (χ4n) is 1.68. The van der Waals surface area contributed by atoms with Crippen LogP contribution in [0.4, 0.5) is 0 Å². The van der Waals surface area contributed by atoms with Crippen molar-refractivity contribution < 1.29 is 4.74 Å². The maximum Gasteiger partial charge on any atom is 0.120 e. The van der Waals surface area contributed by atoms with Gasteiger partial charge in [-0.25, -0.2) is 0 Å². The smallest absolute Gasteiger partial charge is 0.120 e. The first-order valence-corrected chi connectivity index (χ1v) is 6.72. The topological polar surface area (TPSA) is 35.2 Å². The first-order valence-electron chi connectivity index (χ1n) is 5.96. The molecule has 0 aliphatic carbocycles. The van der Waals surface area contributed by atoms with Crippen molar-refractivity contribution in [1.29, 1.82) is 0 Å². The van der Waals surface area contributed by atoms with E-state index in [0.29, 0.717) is 17.4 Å². The number of ether oxygens (including phenoxy) is 1. The van der Waals surface area contributed by atoms with Crippen molar-refractivity contribution in [3.63, 3.8) is 0 Å². The second-order valence-corrected chi connectivity index (χ2v) is 5.23. The Bertz CT molecular complexity index is 572. The summed E-state index contributed by atoms with van der Waals surface area (Å²) in [6.07, 6.45) is 0. The van der Waals surface area contributed by atoms with Gasteiger partial charge in [0, 0.05) is 10.0 Å². The van der Waals surface area contributed by atoms with Crippen LogP contribution in [0.15, 0.2) is 42.5 Å². The summed E-state index contributed by atoms with van der Waals surface area (Å²) in [4.78, 5) is 0. The van der Waals surface area contributed by atoms with E-state index in [0.717, 1.165) is 16.1 Å². The molecule has 1 atom stereocenters. The highest BCUT2D eigenvalue weighted by atomic mass is 35.5. The minimum atomic E-state index is -0.225. The molecule has 0 bridgehead atoms. The molecule has 2 aromatic carbocycles. The van der Waals surface area contributed by atoms with E-state index in [2.05, 4.69) is 0 Å². The third-order valence-electron chi connectivity index (χ3n) is 2.85. The highest BCUT2D eigenvalue weighted by molar-refractivity contribution is 6.31. The highest BCUT2D eigenvalue weighted by Crippen LogP contribution is 2.22. The molecule has 0 saturated heterocycles. The number of benzene rings is 2. The number of hydrogen-bond acceptors (Lipinski definition) is 2. The van der Waals surface area contributed by atoms with E-state index in [9.17, 15) is 0 Å². The maximum absolute atomic E-state index is 6.08. The minimum Gasteiger partial charge on any atom is -0.492 e. The molecule has 0 spiro atoms. The zero-order chi connectivity index (χ0) is 13.8. The first kappa shape index (κ1) is 14.2. The molecule has 0 radical (unpaired) electrons. The lowest BCUT2D eigenvalue weighted by Gasteiger charge is -2.14. The second kappa shape index (κ2) is 6.29. The summed E-state index contributed by atoms with van der Waals surface area (Å²) in [7, 11) is 0. The Morgan fingerprint density at radius 1 is 1.16 bits per heavy atom. The van der Waals surface area contributed by atoms with Gasteiger partial charge in [0.15, 0.2) is 0 Å². The van der Waals surface area contributed by atoms with Gasteiger partial charge in [-0.1, -0.05) is 41.4 Å². The SMILES string of the molecule is Cc1ccc(C(N)COc2cccc(Cl)c2)cc1Cl. The number of hydrogen-bond donors (Lipinski definition) is 1. The fourth-order valence-corrected chi connectivity index (χ4v) is 2.05. The van der Waals surface area contributed by atoms with Crippen LogP contribution in [0.1, 0.15) is 17.2 Å². The van der Waals surface area contributed by atoms with Gasteiger partial charge in [0.05, 0.1) is 6.04 Å². The van der Waals surface area contributed by atoms with Gasteiger partial charge in [-0.3, -0.25) is 0 Å². The van der Waals surface area contributed by atoms with Crippen LogP contribution in [0, 0.1) is 6.92 Å². The van der Waals surface area contributed by atoms with Crippen molar-refractivity contribution in [2.24, 2.45) is 5.73 Å². The quantitative estimate of drug-likeness (QED) is 0.908. The normalized spacial score (nSPS) is 12.2. The molecule has 0 saturated carbocycles. The molecular weight excluding hydrogens is 281 g/mol. The zero-order valence-electron chi connectivity index (χ0n) is 10.6. The largest absolute Gasteiger partial charge is 0.492 e. The molecule has 0 aromatic heterocycles. The summed E-state index contributed by atoms with van der Waals surface area (Å²) in [6.45, 7) is 2.33. The summed E-state index contributed by atoms with van der Waals surface area (Å²) < 4.78 is 5.62. The van der Waals surface area contributed by atoms with Gasteiger partial charge >= 0.3 is 0 Å². The lowest BCUT2D eigenvalue weighted by molar-refractivity contribution is 0.290. The predicted octanol–water partition coefficient (Wildman–Crippen LogP) is 4.38. The standard InChI is InChI=1S/C15H15Cl2NO/c1-10-5-6-11(7-14(10)17)15(18)9-19-13-4-2-3-12(16)8-13/h2-8,15H,9,18H2,1H3. The van der Waals surface area contributed by atoms with Crippen LogP contribution in [0.2, 0.25) is 10.0 Å². The highest BCUT2D eigenvalue weighted by Gasteiger charge is 2.08. The molecule has 19 heavy (non-hydrogen) atoms. The molecule has 2 nitrogen and oxygen atoms in total. The van der Waals surface area contributed by atoms with Gasteiger partial charge in [-0.15, -0.1) is 0 Å². The summed E-state index contributed by atoms with van der Waals surface area (Å²) in [6, 6.07) is 12.8. The molecule has 1 unspecified atom stereocenters. The van der Waals surface area contributed by atoms with Crippen LogP contribution >= 0.6 is 23.2 Å². The van der Waals surface area contributed by atoms with Crippen molar-refractivity contribution in [2.45, 2.75) is 13.0 Å². The Labute approximate surface area is 123 Å². The first-order chi connectivity index (χ1) is 9.06. The molecule has 0 aliphatic heterocycles. The Kier molecular flexibility index (Phi) is 4.70. The van der Waals surface area contributed by atoms with Crippen LogP contribution in [-0.2, 0) is 0 Å². The van der Waals surface area contributed by atoms with Gasteiger partial charge < -0.3 is 10.5 Å². The molecule has 0 aliphatic rings. The summed E-state index contributed by atoms with van der Waals surface area (Å²) >= 11 is 12.0. The lowest BCUT2D eigenvalue weighted by Crippen LogP contribution is -2.19. The van der Waals surface area contributed by atoms with Crippen molar-refractivity contribution in [3.8, 4) is 5.75 Å². The van der Waals surface area contributed by atoms with Crippen LogP contribution in [0.25, 0.3) is 0 Å². The van der Waals surface area contributed by atoms with Crippen molar-refractivity contribution in [2.75, 3.05) is 6.61 Å².